The third-order valence-corrected chi connectivity index (χ3v) is 20.2. The summed E-state index contributed by atoms with van der Waals surface area (Å²) in [6.45, 7) is 38.9. The van der Waals surface area contributed by atoms with Gasteiger partial charge in [0.15, 0.2) is 0 Å². The number of carboxylic acids is 1. The number of aliphatic hydroxyl groups is 1. The van der Waals surface area contributed by atoms with Crippen LogP contribution in [0.3, 0.4) is 0 Å². The minimum Gasteiger partial charge on any atom is -0.481 e. The maximum atomic E-state index is 14.5. The van der Waals surface area contributed by atoms with Gasteiger partial charge >= 0.3 is 5.97 Å². The van der Waals surface area contributed by atoms with E-state index in [-0.39, 0.29) is 56.4 Å². The van der Waals surface area contributed by atoms with Crippen LogP contribution in [0, 0.1) is 17.8 Å². The molecule has 19 amide bonds. The molecule has 121 heavy (non-hydrogen) atoms. The molecule has 0 aromatic carbocycles. The molecule has 41 nitrogen and oxygen atoms in total. The van der Waals surface area contributed by atoms with Crippen molar-refractivity contribution < 1.29 is 106 Å². The highest BCUT2D eigenvalue weighted by Gasteiger charge is 2.49. The molecule has 0 aromatic heterocycles. The number of carbonyl (C=O) groups is 20. The van der Waals surface area contributed by atoms with Crippen LogP contribution in [0.5, 0.6) is 0 Å². The van der Waals surface area contributed by atoms with E-state index < -0.39 is 248 Å². The lowest BCUT2D eigenvalue weighted by molar-refractivity contribution is -0.146. The number of nitrogens with zero attached hydrogens (tertiary/aromatic N) is 1. The Balaban J connectivity index is 3.20. The Morgan fingerprint density at radius 2 is 0.769 bits per heavy atom. The van der Waals surface area contributed by atoms with Crippen molar-refractivity contribution in [1.29, 1.82) is 0 Å². The normalized spacial score (nSPS) is 15.6. The molecule has 0 spiro atoms. The van der Waals surface area contributed by atoms with Crippen molar-refractivity contribution in [2.24, 2.45) is 23.5 Å². The van der Waals surface area contributed by atoms with Crippen LogP contribution in [0.1, 0.15) is 252 Å². The van der Waals surface area contributed by atoms with E-state index in [0.717, 1.165) is 0 Å². The van der Waals surface area contributed by atoms with Crippen LogP contribution in [0.15, 0.2) is 0 Å². The average Bonchev–Trinajstić information content (AvgIpc) is 1.76. The third kappa shape index (κ3) is 33.7. The van der Waals surface area contributed by atoms with Crippen molar-refractivity contribution in [3.05, 3.63) is 0 Å². The quantitative estimate of drug-likeness (QED) is 0.0294. The largest absolute Gasteiger partial charge is 0.481 e. The first-order chi connectivity index (χ1) is 54.8. The van der Waals surface area contributed by atoms with Gasteiger partial charge < -0.3 is 111 Å². The summed E-state index contributed by atoms with van der Waals surface area (Å²) in [5.74, 6) is -17.7. The number of hydrogen-bond donors (Lipinski definition) is 20. The number of carbonyl (C=O) groups excluding carboxylic acids is 19. The van der Waals surface area contributed by atoms with Crippen molar-refractivity contribution in [2.75, 3.05) is 19.7 Å². The van der Waals surface area contributed by atoms with Gasteiger partial charge in [0.2, 0.25) is 112 Å². The lowest BCUT2D eigenvalue weighted by Crippen LogP contribution is -2.68. The number of nitrogens with two attached hydrogens (primary N) is 1. The first-order valence-corrected chi connectivity index (χ1v) is 40.5. The first-order valence-electron chi connectivity index (χ1n) is 40.5. The van der Waals surface area contributed by atoms with Gasteiger partial charge in [-0.1, -0.05) is 48.5 Å². The molecule has 8 atom stereocenters. The van der Waals surface area contributed by atoms with Crippen LogP contribution < -0.4 is 96.1 Å². The number of rotatable bonds is 47. The Morgan fingerprint density at radius 3 is 1.20 bits per heavy atom. The summed E-state index contributed by atoms with van der Waals surface area (Å²) < 4.78 is 0. The second-order valence-electron chi connectivity index (χ2n) is 37.2. The minimum absolute atomic E-state index is 0.0277. The number of aliphatic hydroxyl groups excluding tert-OH is 1. The van der Waals surface area contributed by atoms with Crippen LogP contribution in [0.4, 0.5) is 0 Å². The van der Waals surface area contributed by atoms with E-state index >= 15 is 0 Å². The fourth-order valence-electron chi connectivity index (χ4n) is 11.9. The molecule has 0 bridgehead atoms. The van der Waals surface area contributed by atoms with Crippen LogP contribution in [0.25, 0.3) is 0 Å². The third-order valence-electron chi connectivity index (χ3n) is 20.2. The molecule has 8 unspecified atom stereocenters. The Bertz CT molecular complexity index is 3860. The van der Waals surface area contributed by atoms with Crippen LogP contribution >= 0.6 is 0 Å². The van der Waals surface area contributed by atoms with Gasteiger partial charge in [-0.3, -0.25) is 95.9 Å². The molecule has 1 aliphatic heterocycles. The SMILES string of the molecule is CCC(C)(NC(=O)C(C)(C)NC(=O)C(CC(C)C)NC(=O)C1CCCN1C(=O)C(C)(C)NC(=O)C(C)(C)NC(=O)C(C)NC(=O)C(C)(C)NC(=O)C(C)(C)NC(=O)C(C)(C)NC(=O)C(CCC(N)=O)NC(=O)C(C)(C)NC(=O)C(CC(C)C)NC(=O)C(C)(C)NC(=O)CNC(=O)C(C)(C)NC(C)=O)C(=O)NC(CCC(=O)O)C(=O)NC(CO)C(C)C. The molecule has 21 N–H and O–H groups in total. The molecule has 686 valence electrons. The Hall–Kier alpha value is -10.6. The summed E-state index contributed by atoms with van der Waals surface area (Å²) in [5.41, 5.74) is -12.1. The van der Waals surface area contributed by atoms with Gasteiger partial charge in [-0.15, -0.1) is 0 Å². The van der Waals surface area contributed by atoms with Crippen molar-refractivity contribution in [3.8, 4) is 0 Å². The van der Waals surface area contributed by atoms with E-state index in [0.29, 0.717) is 6.42 Å². The summed E-state index contributed by atoms with van der Waals surface area (Å²) in [5, 5.41) is 62.6. The monoisotopic (exact) mass is 1720 g/mol. The minimum atomic E-state index is -1.91. The van der Waals surface area contributed by atoms with E-state index in [9.17, 15) is 106 Å². The lowest BCUT2D eigenvalue weighted by atomic mass is 9.93. The second-order valence-corrected chi connectivity index (χ2v) is 37.2. The Labute approximate surface area is 709 Å². The molecule has 0 aliphatic carbocycles. The molecule has 0 aromatic rings. The summed E-state index contributed by atoms with van der Waals surface area (Å²) in [6.07, 6.45) is -1.18. The summed E-state index contributed by atoms with van der Waals surface area (Å²) in [6, 6.07) is -8.83. The number of primary amides is 1. The average molecular weight is 1720 g/mol. The molecule has 1 rings (SSSR count). The van der Waals surface area contributed by atoms with Gasteiger partial charge in [0.1, 0.15) is 91.6 Å². The van der Waals surface area contributed by atoms with E-state index in [1.165, 1.54) is 150 Å². The van der Waals surface area contributed by atoms with Crippen LogP contribution in [-0.2, 0) is 95.9 Å². The van der Waals surface area contributed by atoms with Gasteiger partial charge in [0, 0.05) is 26.3 Å². The highest BCUT2D eigenvalue weighted by atomic mass is 16.4. The van der Waals surface area contributed by atoms with Gasteiger partial charge in [-0.25, -0.2) is 0 Å². The van der Waals surface area contributed by atoms with Gasteiger partial charge in [-0.2, -0.15) is 0 Å². The summed E-state index contributed by atoms with van der Waals surface area (Å²) in [7, 11) is 0. The first kappa shape index (κ1) is 108. The molecule has 0 saturated carbocycles. The zero-order valence-corrected chi connectivity index (χ0v) is 75.8. The Kier molecular flexibility index (Phi) is 39.2. The number of nitrogens with one attached hydrogen (secondary N) is 17. The summed E-state index contributed by atoms with van der Waals surface area (Å²) >= 11 is 0. The summed E-state index contributed by atoms with van der Waals surface area (Å²) in [4.78, 5) is 272. The molecule has 1 saturated heterocycles. The highest BCUT2D eigenvalue weighted by Crippen LogP contribution is 2.25. The van der Waals surface area contributed by atoms with Gasteiger partial charge in [0.25, 0.3) is 0 Å². The smallest absolute Gasteiger partial charge is 0.303 e. The molecule has 0 radical (unpaired) electrons. The molecule has 1 heterocycles. The number of likely N-dealkylation sites (tertiary alicyclic amines) is 1. The maximum absolute atomic E-state index is 14.5. The maximum Gasteiger partial charge on any atom is 0.303 e. The Morgan fingerprint density at radius 1 is 0.405 bits per heavy atom. The molecule has 1 aliphatic rings. The predicted molar refractivity (Wildman–Crippen MR) is 444 cm³/mol. The molecular weight excluding hydrogens is 1580 g/mol. The predicted octanol–water partition coefficient (Wildman–Crippen LogP) is -2.75. The van der Waals surface area contributed by atoms with Crippen molar-refractivity contribution >= 4 is 118 Å². The van der Waals surface area contributed by atoms with E-state index in [4.69, 9.17) is 5.73 Å². The second kappa shape index (κ2) is 43.7. The molecular formula is C80H139N19O22. The van der Waals surface area contributed by atoms with Crippen molar-refractivity contribution in [2.45, 2.75) is 349 Å². The van der Waals surface area contributed by atoms with E-state index in [1.807, 2.05) is 0 Å². The number of aliphatic carboxylic acids is 1. The van der Waals surface area contributed by atoms with E-state index in [2.05, 4.69) is 90.4 Å². The van der Waals surface area contributed by atoms with Gasteiger partial charge in [0.05, 0.1) is 19.2 Å². The fourth-order valence-corrected chi connectivity index (χ4v) is 11.9. The highest BCUT2D eigenvalue weighted by molar-refractivity contribution is 6.04. The number of amides is 19. The van der Waals surface area contributed by atoms with Gasteiger partial charge in [-0.05, 0) is 201 Å². The van der Waals surface area contributed by atoms with Crippen molar-refractivity contribution in [3.63, 3.8) is 0 Å². The zero-order valence-electron chi connectivity index (χ0n) is 75.8. The standard InChI is InChI=1S/C80H139N19O22/c1-29-80(28,69(120)87-46(33-35-54(104)105)56(107)85-50(40-100)43(6)7)98-68(119)77(22,23)94-58(109)48(37-41(2)3)84-60(111)51-31-30-36-99(51)70(121)79(26,27)97-66(117)75(18,19)91-55(106)44(8)83-62(113)74(16,17)95-67(118)78(24,25)96-65(116)76(20,21)92-57(108)47(32-34-52(81)102)86-64(115)73(14,15)93-59(110)49(38-42(4)5)88-63(114)72(12,13)90-53(103)39-82-61(112)71(10,11)89-45(9)101/h41-44,46-51,100H,29-40H2,1-28H3,(H2,81,102)(H,82,112)(H,83,113)(H,84,111)(H,85,107)(H,86,115)(H,87,120)(H,88,114)(H,89,101)(H,90,103)(H,91,106)(H,92,108)(H,93,110)(H,94,109)(H,95,118)(H,96,116)(H,97,117)(H,98,119)(H,104,105). The molecule has 41 heteroatoms. The van der Waals surface area contributed by atoms with E-state index in [1.54, 1.807) is 48.5 Å². The lowest BCUT2D eigenvalue weighted by Gasteiger charge is -2.37. The number of carboxylic acid groups (broad SMARTS) is 1. The zero-order chi connectivity index (χ0) is 94.4. The van der Waals surface area contributed by atoms with Crippen LogP contribution in [-0.4, -0.2) is 251 Å². The molecule has 1 fully saturated rings. The fraction of sp³-hybridized carbons (Fsp3) is 0.750. The number of hydrogen-bond acceptors (Lipinski definition) is 21. The topological polar surface area (TPSA) is 616 Å². The van der Waals surface area contributed by atoms with Crippen molar-refractivity contribution in [1.82, 2.24) is 95.3 Å². The van der Waals surface area contributed by atoms with Crippen LogP contribution in [0.2, 0.25) is 0 Å².